The minimum Gasteiger partial charge on any atom is -0.207 e. The molecular formula is C11H13ClN2O3S. The predicted molar refractivity (Wildman–Crippen MR) is 69.1 cm³/mol. The number of halogens is 1. The third kappa shape index (κ3) is 2.28. The number of hydrogen-bond donors (Lipinski definition) is 0. The van der Waals surface area contributed by atoms with Gasteiger partial charge in [0.05, 0.1) is 4.90 Å². The molecule has 1 unspecified atom stereocenters. The van der Waals surface area contributed by atoms with Crippen LogP contribution in [0.15, 0.2) is 34.3 Å². The van der Waals surface area contributed by atoms with Crippen molar-refractivity contribution in [2.75, 3.05) is 19.0 Å². The first-order valence-electron chi connectivity index (χ1n) is 5.58. The Balaban J connectivity index is 2.45. The lowest BCUT2D eigenvalue weighted by Gasteiger charge is -2.30. The summed E-state index contributed by atoms with van der Waals surface area (Å²) in [6.45, 7) is 0.409. The van der Waals surface area contributed by atoms with E-state index in [0.717, 1.165) is 0 Å². The topological polar surface area (TPSA) is 66.8 Å². The van der Waals surface area contributed by atoms with E-state index in [2.05, 4.69) is 5.18 Å². The van der Waals surface area contributed by atoms with E-state index in [1.807, 2.05) is 0 Å². The highest BCUT2D eigenvalue weighted by Gasteiger charge is 2.36. The summed E-state index contributed by atoms with van der Waals surface area (Å²) < 4.78 is 25.9. The predicted octanol–water partition coefficient (Wildman–Crippen LogP) is 2.13. The first kappa shape index (κ1) is 13.5. The average Bonchev–Trinajstić information content (AvgIpc) is 2.38. The Labute approximate surface area is 111 Å². The van der Waals surface area contributed by atoms with Crippen LogP contribution in [0.25, 0.3) is 0 Å². The van der Waals surface area contributed by atoms with Crippen LogP contribution in [0.1, 0.15) is 18.0 Å². The van der Waals surface area contributed by atoms with E-state index in [1.165, 1.54) is 10.4 Å². The van der Waals surface area contributed by atoms with E-state index in [4.69, 9.17) is 11.6 Å². The van der Waals surface area contributed by atoms with Crippen molar-refractivity contribution in [3.63, 3.8) is 0 Å². The van der Waals surface area contributed by atoms with Crippen LogP contribution in [0.5, 0.6) is 0 Å². The summed E-state index contributed by atoms with van der Waals surface area (Å²) in [7, 11) is -3.52. The number of alkyl halides is 1. The zero-order chi connectivity index (χ0) is 13.2. The van der Waals surface area contributed by atoms with E-state index in [1.54, 1.807) is 18.2 Å². The molecule has 1 aromatic rings. The van der Waals surface area contributed by atoms with Crippen molar-refractivity contribution in [3.8, 4) is 0 Å². The van der Waals surface area contributed by atoms with Crippen LogP contribution in [0.3, 0.4) is 0 Å². The van der Waals surface area contributed by atoms with Crippen molar-refractivity contribution in [1.29, 1.82) is 0 Å². The Morgan fingerprint density at radius 1 is 1.39 bits per heavy atom. The Morgan fingerprint density at radius 2 is 2.11 bits per heavy atom. The Morgan fingerprint density at radius 3 is 2.78 bits per heavy atom. The molecule has 0 saturated carbocycles. The molecule has 7 heteroatoms. The highest BCUT2D eigenvalue weighted by molar-refractivity contribution is 7.89. The molecule has 0 radical (unpaired) electrons. The van der Waals surface area contributed by atoms with Crippen LogP contribution in [-0.4, -0.2) is 31.7 Å². The van der Waals surface area contributed by atoms with Gasteiger partial charge in [0, 0.05) is 24.5 Å². The van der Waals surface area contributed by atoms with E-state index >= 15 is 0 Å². The molecule has 98 valence electrons. The number of fused-ring (bicyclic) bond motifs is 1. The fourth-order valence-electron chi connectivity index (χ4n) is 2.06. The first-order chi connectivity index (χ1) is 8.61. The van der Waals surface area contributed by atoms with Crippen molar-refractivity contribution >= 4 is 21.6 Å². The third-order valence-corrected chi connectivity index (χ3v) is 5.15. The molecule has 0 spiro atoms. The van der Waals surface area contributed by atoms with Crippen LogP contribution < -0.4 is 0 Å². The second kappa shape index (κ2) is 5.34. The van der Waals surface area contributed by atoms with Gasteiger partial charge in [0.15, 0.2) is 0 Å². The summed E-state index contributed by atoms with van der Waals surface area (Å²) in [4.78, 5) is 11.0. The lowest BCUT2D eigenvalue weighted by molar-refractivity contribution is 0.370. The van der Waals surface area contributed by atoms with Gasteiger partial charge in [0.1, 0.15) is 6.04 Å². The molecule has 0 aliphatic carbocycles. The molecule has 1 aliphatic heterocycles. The fourth-order valence-corrected chi connectivity index (χ4v) is 3.91. The lowest BCUT2D eigenvalue weighted by atomic mass is 10.1. The standard InChI is InChI=1S/C11H13ClN2O3S/c12-6-3-7-14-8-10(13-15)9-4-1-2-5-11(9)18(14,16)17/h1-2,4-5,10H,3,6-8H2. The number of rotatable bonds is 4. The summed E-state index contributed by atoms with van der Waals surface area (Å²) in [5.41, 5.74) is 0.481. The molecule has 0 aromatic heterocycles. The van der Waals surface area contributed by atoms with Gasteiger partial charge in [-0.2, -0.15) is 9.21 Å². The Bertz CT molecular complexity index is 547. The van der Waals surface area contributed by atoms with Crippen LogP contribution in [0, 0.1) is 4.91 Å². The van der Waals surface area contributed by atoms with Crippen LogP contribution >= 0.6 is 11.6 Å². The van der Waals surface area contributed by atoms with Gasteiger partial charge in [-0.3, -0.25) is 0 Å². The summed E-state index contributed by atoms with van der Waals surface area (Å²) in [6.07, 6.45) is 0.550. The van der Waals surface area contributed by atoms with Crippen LogP contribution in [0.4, 0.5) is 0 Å². The second-order valence-corrected chi connectivity index (χ2v) is 6.35. The summed E-state index contributed by atoms with van der Waals surface area (Å²) in [6, 6.07) is 5.86. The molecule has 2 rings (SSSR count). The lowest BCUT2D eigenvalue weighted by Crippen LogP contribution is -2.39. The van der Waals surface area contributed by atoms with E-state index in [0.29, 0.717) is 24.4 Å². The SMILES string of the molecule is O=NC1CN(CCCCl)S(=O)(=O)c2ccccc21. The van der Waals surface area contributed by atoms with E-state index < -0.39 is 16.1 Å². The molecule has 0 saturated heterocycles. The molecule has 0 bridgehead atoms. The summed E-state index contributed by atoms with van der Waals surface area (Å²) >= 11 is 5.58. The van der Waals surface area contributed by atoms with E-state index in [9.17, 15) is 13.3 Å². The number of nitrogens with zero attached hydrogens (tertiary/aromatic N) is 2. The normalized spacial score (nSPS) is 22.4. The van der Waals surface area contributed by atoms with Crippen molar-refractivity contribution in [2.24, 2.45) is 5.18 Å². The van der Waals surface area contributed by atoms with Gasteiger partial charge in [0.2, 0.25) is 10.0 Å². The fraction of sp³-hybridized carbons (Fsp3) is 0.455. The van der Waals surface area contributed by atoms with Crippen molar-refractivity contribution in [1.82, 2.24) is 4.31 Å². The highest BCUT2D eigenvalue weighted by atomic mass is 35.5. The van der Waals surface area contributed by atoms with Crippen LogP contribution in [0.2, 0.25) is 0 Å². The zero-order valence-electron chi connectivity index (χ0n) is 9.62. The zero-order valence-corrected chi connectivity index (χ0v) is 11.2. The second-order valence-electron chi connectivity index (χ2n) is 4.06. The monoisotopic (exact) mass is 288 g/mol. The van der Waals surface area contributed by atoms with Crippen molar-refractivity contribution in [2.45, 2.75) is 17.4 Å². The highest BCUT2D eigenvalue weighted by Crippen LogP contribution is 2.34. The molecule has 1 aromatic carbocycles. The van der Waals surface area contributed by atoms with Gasteiger partial charge in [-0.25, -0.2) is 8.42 Å². The number of nitroso groups, excluding NO2 is 1. The molecule has 1 aliphatic rings. The minimum absolute atomic E-state index is 0.0970. The molecule has 0 N–H and O–H groups in total. The number of hydrogen-bond acceptors (Lipinski definition) is 4. The number of benzene rings is 1. The maximum atomic E-state index is 12.3. The largest absolute Gasteiger partial charge is 0.243 e. The van der Waals surface area contributed by atoms with Gasteiger partial charge in [-0.05, 0) is 12.5 Å². The van der Waals surface area contributed by atoms with Gasteiger partial charge in [0.25, 0.3) is 0 Å². The van der Waals surface area contributed by atoms with Gasteiger partial charge in [-0.15, -0.1) is 11.6 Å². The van der Waals surface area contributed by atoms with Gasteiger partial charge >= 0.3 is 0 Å². The first-order valence-corrected chi connectivity index (χ1v) is 7.56. The Hall–Kier alpha value is -0.980. The molecule has 18 heavy (non-hydrogen) atoms. The molecule has 1 atom stereocenters. The molecule has 1 heterocycles. The molecule has 0 amide bonds. The van der Waals surface area contributed by atoms with E-state index in [-0.39, 0.29) is 11.4 Å². The maximum absolute atomic E-state index is 12.3. The molecule has 0 fully saturated rings. The minimum atomic E-state index is -3.52. The summed E-state index contributed by atoms with van der Waals surface area (Å²) in [5, 5.41) is 3.02. The van der Waals surface area contributed by atoms with Crippen molar-refractivity contribution in [3.05, 3.63) is 34.7 Å². The molecule has 5 nitrogen and oxygen atoms in total. The van der Waals surface area contributed by atoms with Crippen molar-refractivity contribution < 1.29 is 8.42 Å². The smallest absolute Gasteiger partial charge is 0.207 e. The van der Waals surface area contributed by atoms with Gasteiger partial charge in [-0.1, -0.05) is 23.4 Å². The van der Waals surface area contributed by atoms with Gasteiger partial charge < -0.3 is 0 Å². The quantitative estimate of drug-likeness (QED) is 0.629. The van der Waals surface area contributed by atoms with Crippen LogP contribution in [-0.2, 0) is 10.0 Å². The molecular weight excluding hydrogens is 276 g/mol. The summed E-state index contributed by atoms with van der Waals surface area (Å²) in [5.74, 6) is 0.382. The maximum Gasteiger partial charge on any atom is 0.243 e. The number of sulfonamides is 1. The Kier molecular flexibility index (Phi) is 3.99. The third-order valence-electron chi connectivity index (χ3n) is 2.94. The average molecular weight is 289 g/mol.